The lowest BCUT2D eigenvalue weighted by atomic mass is 9.89. The predicted molar refractivity (Wildman–Crippen MR) is 43.6 cm³/mol. The number of hydrogen-bond acceptors (Lipinski definition) is 2. The summed E-state index contributed by atoms with van der Waals surface area (Å²) in [4.78, 5) is 9.98. The Hall–Kier alpha value is -0.240. The molecule has 3 heteroatoms. The van der Waals surface area contributed by atoms with Crippen molar-refractivity contribution in [3.05, 3.63) is 0 Å². The van der Waals surface area contributed by atoms with Crippen molar-refractivity contribution < 1.29 is 9.53 Å². The summed E-state index contributed by atoms with van der Waals surface area (Å²) in [6.07, 6.45) is 4.32. The van der Waals surface area contributed by atoms with E-state index in [-0.39, 0.29) is 6.10 Å². The van der Waals surface area contributed by atoms with Crippen molar-refractivity contribution in [3.8, 4) is 0 Å². The number of carbonyl (C=O) groups excluding carboxylic acids is 1. The molecule has 0 radical (unpaired) electrons. The molecule has 0 bridgehead atoms. The van der Waals surface area contributed by atoms with Crippen LogP contribution in [0, 0.1) is 5.92 Å². The first kappa shape index (κ1) is 8.85. The van der Waals surface area contributed by atoms with E-state index in [4.69, 9.17) is 16.3 Å². The van der Waals surface area contributed by atoms with Crippen molar-refractivity contribution in [1.82, 2.24) is 0 Å². The third-order valence-corrected chi connectivity index (χ3v) is 2.70. The van der Waals surface area contributed by atoms with E-state index in [2.05, 4.69) is 0 Å². The Balaban J connectivity index is 2.18. The van der Waals surface area contributed by atoms with Gasteiger partial charge in [0, 0.05) is 5.88 Å². The molecule has 0 saturated heterocycles. The first-order valence-corrected chi connectivity index (χ1v) is 4.55. The molecule has 64 valence electrons. The SMILES string of the molecule is O=COC1CCC(CCl)CC1. The largest absolute Gasteiger partial charge is 0.465 e. The standard InChI is InChI=1S/C8H13ClO2/c9-5-7-1-3-8(4-2-7)11-6-10/h6-8H,1-5H2. The van der Waals surface area contributed by atoms with E-state index in [1.165, 1.54) is 0 Å². The molecule has 0 spiro atoms. The van der Waals surface area contributed by atoms with Crippen LogP contribution in [0.5, 0.6) is 0 Å². The third kappa shape index (κ3) is 2.70. The lowest BCUT2D eigenvalue weighted by Gasteiger charge is -2.25. The summed E-state index contributed by atoms with van der Waals surface area (Å²) >= 11 is 5.69. The Morgan fingerprint density at radius 3 is 2.45 bits per heavy atom. The molecule has 1 saturated carbocycles. The molecule has 0 aliphatic heterocycles. The van der Waals surface area contributed by atoms with E-state index in [1.54, 1.807) is 0 Å². The second-order valence-corrected chi connectivity index (χ2v) is 3.34. The molecule has 0 atom stereocenters. The zero-order valence-corrected chi connectivity index (χ0v) is 7.22. The maximum Gasteiger partial charge on any atom is 0.293 e. The summed E-state index contributed by atoms with van der Waals surface area (Å²) in [5.74, 6) is 1.39. The number of carbonyl (C=O) groups is 1. The van der Waals surface area contributed by atoms with Gasteiger partial charge < -0.3 is 4.74 Å². The number of halogens is 1. The smallest absolute Gasteiger partial charge is 0.293 e. The molecule has 0 unspecified atom stereocenters. The fourth-order valence-electron chi connectivity index (χ4n) is 1.50. The highest BCUT2D eigenvalue weighted by molar-refractivity contribution is 6.18. The monoisotopic (exact) mass is 176 g/mol. The number of rotatable bonds is 3. The third-order valence-electron chi connectivity index (χ3n) is 2.26. The van der Waals surface area contributed by atoms with Crippen LogP contribution in [-0.4, -0.2) is 18.5 Å². The van der Waals surface area contributed by atoms with Crippen LogP contribution >= 0.6 is 11.6 Å². The van der Waals surface area contributed by atoms with Gasteiger partial charge in [-0.05, 0) is 31.6 Å². The summed E-state index contributed by atoms with van der Waals surface area (Å²) in [6.45, 7) is 0.547. The zero-order chi connectivity index (χ0) is 8.10. The van der Waals surface area contributed by atoms with Gasteiger partial charge in [0.05, 0.1) is 0 Å². The Kier molecular flexibility index (Phi) is 3.70. The lowest BCUT2D eigenvalue weighted by molar-refractivity contribution is -0.135. The van der Waals surface area contributed by atoms with E-state index in [9.17, 15) is 4.79 Å². The Labute approximate surface area is 71.9 Å². The average Bonchev–Trinajstić information content (AvgIpc) is 2.07. The highest BCUT2D eigenvalue weighted by Crippen LogP contribution is 2.26. The molecule has 11 heavy (non-hydrogen) atoms. The predicted octanol–water partition coefficient (Wildman–Crippen LogP) is 1.96. The van der Waals surface area contributed by atoms with Crippen molar-refractivity contribution in [1.29, 1.82) is 0 Å². The minimum absolute atomic E-state index is 0.159. The number of hydrogen-bond donors (Lipinski definition) is 0. The van der Waals surface area contributed by atoms with E-state index in [0.29, 0.717) is 12.4 Å². The van der Waals surface area contributed by atoms with Crippen LogP contribution in [0.1, 0.15) is 25.7 Å². The van der Waals surface area contributed by atoms with Gasteiger partial charge in [0.1, 0.15) is 6.10 Å². The molecule has 1 fully saturated rings. The first-order chi connectivity index (χ1) is 5.36. The van der Waals surface area contributed by atoms with Crippen LogP contribution in [-0.2, 0) is 9.53 Å². The van der Waals surface area contributed by atoms with Crippen LogP contribution in [0.15, 0.2) is 0 Å². The van der Waals surface area contributed by atoms with Gasteiger partial charge in [-0.25, -0.2) is 0 Å². The van der Waals surface area contributed by atoms with E-state index >= 15 is 0 Å². The average molecular weight is 177 g/mol. The molecule has 1 aliphatic carbocycles. The second kappa shape index (κ2) is 4.60. The first-order valence-electron chi connectivity index (χ1n) is 4.02. The minimum Gasteiger partial charge on any atom is -0.465 e. The highest BCUT2D eigenvalue weighted by Gasteiger charge is 2.20. The fourth-order valence-corrected chi connectivity index (χ4v) is 1.81. The summed E-state index contributed by atoms with van der Waals surface area (Å²) in [7, 11) is 0. The second-order valence-electron chi connectivity index (χ2n) is 3.03. The van der Waals surface area contributed by atoms with Crippen molar-refractivity contribution in [2.24, 2.45) is 5.92 Å². The van der Waals surface area contributed by atoms with Gasteiger partial charge in [0.25, 0.3) is 6.47 Å². The molecular weight excluding hydrogens is 164 g/mol. The highest BCUT2D eigenvalue weighted by atomic mass is 35.5. The van der Waals surface area contributed by atoms with E-state index in [0.717, 1.165) is 31.6 Å². The molecule has 1 rings (SSSR count). The van der Waals surface area contributed by atoms with Crippen molar-refractivity contribution in [2.45, 2.75) is 31.8 Å². The van der Waals surface area contributed by atoms with Gasteiger partial charge in [-0.1, -0.05) is 0 Å². The normalized spacial score (nSPS) is 31.4. The molecule has 0 N–H and O–H groups in total. The van der Waals surface area contributed by atoms with Crippen LogP contribution in [0.25, 0.3) is 0 Å². The topological polar surface area (TPSA) is 26.3 Å². The zero-order valence-electron chi connectivity index (χ0n) is 6.46. The van der Waals surface area contributed by atoms with E-state index in [1.807, 2.05) is 0 Å². The fraction of sp³-hybridized carbons (Fsp3) is 0.875. The van der Waals surface area contributed by atoms with Gasteiger partial charge in [0.2, 0.25) is 0 Å². The maximum atomic E-state index is 9.98. The van der Waals surface area contributed by atoms with Crippen molar-refractivity contribution in [2.75, 3.05) is 5.88 Å². The van der Waals surface area contributed by atoms with Crippen molar-refractivity contribution >= 4 is 18.1 Å². The van der Waals surface area contributed by atoms with Gasteiger partial charge in [-0.3, -0.25) is 4.79 Å². The molecule has 1 aliphatic rings. The number of alkyl halides is 1. The summed E-state index contributed by atoms with van der Waals surface area (Å²) < 4.78 is 4.85. The van der Waals surface area contributed by atoms with Crippen molar-refractivity contribution in [3.63, 3.8) is 0 Å². The lowest BCUT2D eigenvalue weighted by Crippen LogP contribution is -2.21. The molecule has 0 aromatic carbocycles. The molecular formula is C8H13ClO2. The summed E-state index contributed by atoms with van der Waals surface area (Å²) in [5.41, 5.74) is 0. The van der Waals surface area contributed by atoms with Crippen LogP contribution in [0.4, 0.5) is 0 Å². The van der Waals surface area contributed by atoms with Gasteiger partial charge in [-0.2, -0.15) is 0 Å². The van der Waals surface area contributed by atoms with Gasteiger partial charge >= 0.3 is 0 Å². The molecule has 0 heterocycles. The molecule has 0 aromatic heterocycles. The van der Waals surface area contributed by atoms with E-state index < -0.39 is 0 Å². The minimum atomic E-state index is 0.159. The van der Waals surface area contributed by atoms with Crippen LogP contribution < -0.4 is 0 Å². The Morgan fingerprint density at radius 2 is 2.00 bits per heavy atom. The summed E-state index contributed by atoms with van der Waals surface area (Å²) in [6, 6.07) is 0. The molecule has 0 aromatic rings. The Morgan fingerprint density at radius 1 is 1.36 bits per heavy atom. The maximum absolute atomic E-state index is 9.98. The van der Waals surface area contributed by atoms with Gasteiger partial charge in [-0.15, -0.1) is 11.6 Å². The molecule has 0 amide bonds. The Bertz CT molecular complexity index is 119. The summed E-state index contributed by atoms with van der Waals surface area (Å²) in [5, 5.41) is 0. The van der Waals surface area contributed by atoms with Crippen LogP contribution in [0.3, 0.4) is 0 Å². The quantitative estimate of drug-likeness (QED) is 0.486. The molecule has 2 nitrogen and oxygen atoms in total. The van der Waals surface area contributed by atoms with Gasteiger partial charge in [0.15, 0.2) is 0 Å². The van der Waals surface area contributed by atoms with Crippen LogP contribution in [0.2, 0.25) is 0 Å². The number of ether oxygens (including phenoxy) is 1.